The topological polar surface area (TPSA) is 82.3 Å². The molecule has 1 fully saturated rings. The van der Waals surface area contributed by atoms with Gasteiger partial charge in [-0.25, -0.2) is 17.5 Å². The highest BCUT2D eigenvalue weighted by Crippen LogP contribution is 2.16. The van der Waals surface area contributed by atoms with E-state index in [9.17, 15) is 17.6 Å². The Labute approximate surface area is 146 Å². The standard InChI is InChI=1S/C17H20FN3O3S/c1-12-4-5-13(8-15(12)18)10-20-25(23,24)14-9-16(19-11-14)17(22)21-6-2-3-7-21/h4-5,8-9,11,19-20H,2-3,6-7,10H2,1H3. The Kier molecular flexibility index (Phi) is 4.91. The van der Waals surface area contributed by atoms with Gasteiger partial charge < -0.3 is 9.88 Å². The van der Waals surface area contributed by atoms with Crippen LogP contribution in [-0.4, -0.2) is 37.3 Å². The van der Waals surface area contributed by atoms with Gasteiger partial charge >= 0.3 is 0 Å². The number of rotatable bonds is 5. The zero-order valence-corrected chi connectivity index (χ0v) is 14.7. The van der Waals surface area contributed by atoms with Crippen LogP contribution in [-0.2, 0) is 16.6 Å². The number of aryl methyl sites for hydroxylation is 1. The molecule has 6 nitrogen and oxygen atoms in total. The van der Waals surface area contributed by atoms with Gasteiger partial charge in [-0.05, 0) is 43.0 Å². The summed E-state index contributed by atoms with van der Waals surface area (Å²) in [5, 5.41) is 0. The van der Waals surface area contributed by atoms with Gasteiger partial charge in [-0.3, -0.25) is 4.79 Å². The normalized spacial score (nSPS) is 14.9. The van der Waals surface area contributed by atoms with Crippen molar-refractivity contribution in [2.24, 2.45) is 0 Å². The van der Waals surface area contributed by atoms with Crippen molar-refractivity contribution in [3.05, 3.63) is 53.1 Å². The van der Waals surface area contributed by atoms with Gasteiger partial charge in [0.25, 0.3) is 5.91 Å². The molecule has 0 saturated carbocycles. The van der Waals surface area contributed by atoms with Crippen LogP contribution in [0.25, 0.3) is 0 Å². The number of likely N-dealkylation sites (tertiary alicyclic amines) is 1. The Morgan fingerprint density at radius 1 is 1.28 bits per heavy atom. The first-order chi connectivity index (χ1) is 11.9. The summed E-state index contributed by atoms with van der Waals surface area (Å²) in [4.78, 5) is 16.7. The summed E-state index contributed by atoms with van der Waals surface area (Å²) >= 11 is 0. The fourth-order valence-corrected chi connectivity index (χ4v) is 3.76. The molecule has 0 unspecified atom stereocenters. The minimum atomic E-state index is -3.79. The molecule has 1 saturated heterocycles. The Morgan fingerprint density at radius 2 is 2.00 bits per heavy atom. The fraction of sp³-hybridized carbons (Fsp3) is 0.353. The highest BCUT2D eigenvalue weighted by Gasteiger charge is 2.23. The molecule has 2 heterocycles. The van der Waals surface area contributed by atoms with E-state index in [1.54, 1.807) is 24.0 Å². The van der Waals surface area contributed by atoms with Crippen molar-refractivity contribution < 1.29 is 17.6 Å². The third kappa shape index (κ3) is 3.91. The molecule has 8 heteroatoms. The van der Waals surface area contributed by atoms with Gasteiger partial charge in [0.05, 0.1) is 0 Å². The molecule has 2 aromatic rings. The molecule has 1 aromatic heterocycles. The summed E-state index contributed by atoms with van der Waals surface area (Å²) in [7, 11) is -3.79. The number of hydrogen-bond donors (Lipinski definition) is 2. The lowest BCUT2D eigenvalue weighted by Gasteiger charge is -2.13. The Morgan fingerprint density at radius 3 is 2.68 bits per heavy atom. The zero-order valence-electron chi connectivity index (χ0n) is 13.9. The molecular weight excluding hydrogens is 345 g/mol. The third-order valence-corrected chi connectivity index (χ3v) is 5.67. The molecule has 1 aromatic carbocycles. The van der Waals surface area contributed by atoms with Crippen molar-refractivity contribution >= 4 is 15.9 Å². The summed E-state index contributed by atoms with van der Waals surface area (Å²) in [6, 6.07) is 5.90. The largest absolute Gasteiger partial charge is 0.356 e. The molecule has 0 spiro atoms. The maximum Gasteiger partial charge on any atom is 0.270 e. The molecule has 0 aliphatic carbocycles. The SMILES string of the molecule is Cc1ccc(CNS(=O)(=O)c2c[nH]c(C(=O)N3CCCC3)c2)cc1F. The highest BCUT2D eigenvalue weighted by atomic mass is 32.2. The van der Waals surface area contributed by atoms with Gasteiger partial charge in [0.15, 0.2) is 0 Å². The number of nitrogens with one attached hydrogen (secondary N) is 2. The molecule has 3 rings (SSSR count). The fourth-order valence-electron chi connectivity index (χ4n) is 2.75. The summed E-state index contributed by atoms with van der Waals surface area (Å²) in [6.45, 7) is 3.00. The number of amides is 1. The quantitative estimate of drug-likeness (QED) is 0.852. The molecular formula is C17H20FN3O3S. The number of nitrogens with zero attached hydrogens (tertiary/aromatic N) is 1. The lowest BCUT2D eigenvalue weighted by atomic mass is 10.1. The van der Waals surface area contributed by atoms with Crippen molar-refractivity contribution in [3.63, 3.8) is 0 Å². The number of carbonyl (C=O) groups excluding carboxylic acids is 1. The molecule has 0 bridgehead atoms. The van der Waals surface area contributed by atoms with Crippen molar-refractivity contribution in [1.82, 2.24) is 14.6 Å². The van der Waals surface area contributed by atoms with Crippen LogP contribution in [0.2, 0.25) is 0 Å². The smallest absolute Gasteiger partial charge is 0.270 e. The predicted molar refractivity (Wildman–Crippen MR) is 91.1 cm³/mol. The number of aromatic amines is 1. The first kappa shape index (κ1) is 17.6. The monoisotopic (exact) mass is 365 g/mol. The van der Waals surface area contributed by atoms with Gasteiger partial charge in [0.2, 0.25) is 10.0 Å². The minimum absolute atomic E-state index is 0.0115. The van der Waals surface area contributed by atoms with Crippen molar-refractivity contribution in [2.45, 2.75) is 31.2 Å². The van der Waals surface area contributed by atoms with Gasteiger partial charge in [-0.15, -0.1) is 0 Å². The van der Waals surface area contributed by atoms with Gasteiger partial charge in [0, 0.05) is 25.8 Å². The van der Waals surface area contributed by atoms with Crippen LogP contribution in [0.1, 0.15) is 34.5 Å². The van der Waals surface area contributed by atoms with Crippen LogP contribution in [0.4, 0.5) is 4.39 Å². The van der Waals surface area contributed by atoms with E-state index in [1.165, 1.54) is 18.3 Å². The van der Waals surface area contributed by atoms with Crippen LogP contribution in [0.15, 0.2) is 35.4 Å². The molecule has 25 heavy (non-hydrogen) atoms. The lowest BCUT2D eigenvalue weighted by Crippen LogP contribution is -2.27. The second kappa shape index (κ2) is 6.97. The third-order valence-electron chi connectivity index (χ3n) is 4.29. The van der Waals surface area contributed by atoms with E-state index in [2.05, 4.69) is 9.71 Å². The minimum Gasteiger partial charge on any atom is -0.356 e. The Hall–Kier alpha value is -2.19. The maximum atomic E-state index is 13.5. The van der Waals surface area contributed by atoms with E-state index in [-0.39, 0.29) is 28.9 Å². The van der Waals surface area contributed by atoms with Crippen LogP contribution >= 0.6 is 0 Å². The number of benzene rings is 1. The van der Waals surface area contributed by atoms with Gasteiger partial charge in [-0.2, -0.15) is 0 Å². The van der Waals surface area contributed by atoms with E-state index < -0.39 is 10.0 Å². The van der Waals surface area contributed by atoms with Crippen LogP contribution < -0.4 is 4.72 Å². The van der Waals surface area contributed by atoms with Crippen LogP contribution in [0.5, 0.6) is 0 Å². The number of hydrogen-bond acceptors (Lipinski definition) is 3. The molecule has 134 valence electrons. The van der Waals surface area contributed by atoms with Crippen LogP contribution in [0, 0.1) is 12.7 Å². The molecule has 2 N–H and O–H groups in total. The van der Waals surface area contributed by atoms with Crippen molar-refractivity contribution in [2.75, 3.05) is 13.1 Å². The molecule has 0 atom stereocenters. The summed E-state index contributed by atoms with van der Waals surface area (Å²) < 4.78 is 40.7. The van der Waals surface area contributed by atoms with E-state index in [4.69, 9.17) is 0 Å². The maximum absolute atomic E-state index is 13.5. The average molecular weight is 365 g/mol. The number of H-pyrrole nitrogens is 1. The highest BCUT2D eigenvalue weighted by molar-refractivity contribution is 7.89. The van der Waals surface area contributed by atoms with E-state index in [0.717, 1.165) is 12.8 Å². The van der Waals surface area contributed by atoms with E-state index in [0.29, 0.717) is 24.2 Å². The number of aromatic nitrogens is 1. The van der Waals surface area contributed by atoms with Crippen LogP contribution in [0.3, 0.4) is 0 Å². The van der Waals surface area contributed by atoms with Crippen molar-refractivity contribution in [1.29, 1.82) is 0 Å². The average Bonchev–Trinajstić information content (AvgIpc) is 3.27. The summed E-state index contributed by atoms with van der Waals surface area (Å²) in [5.74, 6) is -0.573. The van der Waals surface area contributed by atoms with Gasteiger partial charge in [0.1, 0.15) is 16.4 Å². The first-order valence-corrected chi connectivity index (χ1v) is 9.57. The zero-order chi connectivity index (χ0) is 18.0. The number of carbonyl (C=O) groups is 1. The first-order valence-electron chi connectivity index (χ1n) is 8.09. The van der Waals surface area contributed by atoms with E-state index >= 15 is 0 Å². The predicted octanol–water partition coefficient (Wildman–Crippen LogP) is 2.18. The second-order valence-corrected chi connectivity index (χ2v) is 7.92. The Balaban J connectivity index is 1.69. The number of halogens is 1. The second-order valence-electron chi connectivity index (χ2n) is 6.16. The Bertz CT molecular complexity index is 886. The lowest BCUT2D eigenvalue weighted by molar-refractivity contribution is 0.0787. The summed E-state index contributed by atoms with van der Waals surface area (Å²) in [6.07, 6.45) is 3.22. The van der Waals surface area contributed by atoms with Crippen molar-refractivity contribution in [3.8, 4) is 0 Å². The molecule has 1 amide bonds. The summed E-state index contributed by atoms with van der Waals surface area (Å²) in [5.41, 5.74) is 1.28. The molecule has 1 aliphatic rings. The number of sulfonamides is 1. The molecule has 1 aliphatic heterocycles. The van der Waals surface area contributed by atoms with E-state index in [1.807, 2.05) is 0 Å². The molecule has 0 radical (unpaired) electrons. The van der Waals surface area contributed by atoms with Gasteiger partial charge in [-0.1, -0.05) is 12.1 Å².